The highest BCUT2D eigenvalue weighted by molar-refractivity contribution is 5.27. The number of piperidine rings is 1. The van der Waals surface area contributed by atoms with Crippen molar-refractivity contribution >= 4 is 0 Å². The Morgan fingerprint density at radius 3 is 2.86 bits per heavy atom. The Labute approximate surface area is 124 Å². The third kappa shape index (κ3) is 4.04. The van der Waals surface area contributed by atoms with Crippen LogP contribution in [0.1, 0.15) is 43.0 Å². The molecule has 1 atom stereocenters. The fourth-order valence-electron chi connectivity index (χ4n) is 2.73. The Bertz CT molecular complexity index is 559. The van der Waals surface area contributed by atoms with Gasteiger partial charge in [-0.2, -0.15) is 4.98 Å². The molecule has 1 unspecified atom stereocenters. The van der Waals surface area contributed by atoms with E-state index in [9.17, 15) is 5.11 Å². The van der Waals surface area contributed by atoms with Gasteiger partial charge in [0.15, 0.2) is 5.82 Å². The quantitative estimate of drug-likeness (QED) is 0.884. The molecule has 1 fully saturated rings. The van der Waals surface area contributed by atoms with E-state index in [0.717, 1.165) is 30.8 Å². The van der Waals surface area contributed by atoms with Crippen LogP contribution < -0.4 is 5.32 Å². The lowest BCUT2D eigenvalue weighted by atomic mass is 10.0. The van der Waals surface area contributed by atoms with Crippen molar-refractivity contribution in [3.05, 3.63) is 41.5 Å². The maximum atomic E-state index is 9.26. The Hall–Kier alpha value is -1.88. The molecule has 5 heteroatoms. The second-order valence-electron chi connectivity index (χ2n) is 5.63. The number of rotatable bonds is 5. The summed E-state index contributed by atoms with van der Waals surface area (Å²) in [5, 5.41) is 16.8. The van der Waals surface area contributed by atoms with Crippen molar-refractivity contribution in [3.63, 3.8) is 0 Å². The van der Waals surface area contributed by atoms with E-state index >= 15 is 0 Å². The minimum Gasteiger partial charge on any atom is -0.508 e. The van der Waals surface area contributed by atoms with Crippen LogP contribution >= 0.6 is 0 Å². The second kappa shape index (κ2) is 6.72. The Morgan fingerprint density at radius 1 is 1.24 bits per heavy atom. The van der Waals surface area contributed by atoms with Gasteiger partial charge in [0.1, 0.15) is 5.75 Å². The van der Waals surface area contributed by atoms with Gasteiger partial charge in [-0.25, -0.2) is 0 Å². The molecule has 0 spiro atoms. The number of hydrogen-bond acceptors (Lipinski definition) is 5. The monoisotopic (exact) mass is 287 g/mol. The van der Waals surface area contributed by atoms with Crippen molar-refractivity contribution in [2.45, 2.75) is 44.6 Å². The summed E-state index contributed by atoms with van der Waals surface area (Å²) in [4.78, 5) is 4.44. The minimum atomic E-state index is 0.271. The molecule has 1 aromatic carbocycles. The van der Waals surface area contributed by atoms with Crippen LogP contribution in [0.3, 0.4) is 0 Å². The lowest BCUT2D eigenvalue weighted by Gasteiger charge is -2.22. The van der Waals surface area contributed by atoms with Crippen LogP contribution in [0, 0.1) is 0 Å². The summed E-state index contributed by atoms with van der Waals surface area (Å²) < 4.78 is 5.31. The summed E-state index contributed by atoms with van der Waals surface area (Å²) >= 11 is 0. The highest BCUT2D eigenvalue weighted by Gasteiger charge is 2.14. The molecule has 0 saturated carbocycles. The molecule has 1 aliphatic heterocycles. The molecule has 0 aliphatic carbocycles. The molecular weight excluding hydrogens is 266 g/mol. The first-order chi connectivity index (χ1) is 10.3. The number of nitrogens with zero attached hydrogens (tertiary/aromatic N) is 2. The first-order valence-electron chi connectivity index (χ1n) is 7.62. The summed E-state index contributed by atoms with van der Waals surface area (Å²) in [5.41, 5.74) is 1.06. The zero-order valence-corrected chi connectivity index (χ0v) is 12.1. The van der Waals surface area contributed by atoms with E-state index in [4.69, 9.17) is 4.52 Å². The zero-order chi connectivity index (χ0) is 14.5. The van der Waals surface area contributed by atoms with E-state index in [2.05, 4.69) is 15.5 Å². The number of hydrogen-bond donors (Lipinski definition) is 2. The minimum absolute atomic E-state index is 0.271. The summed E-state index contributed by atoms with van der Waals surface area (Å²) in [5.74, 6) is 1.69. The van der Waals surface area contributed by atoms with Gasteiger partial charge in [-0.15, -0.1) is 0 Å². The Balaban J connectivity index is 1.52. The van der Waals surface area contributed by atoms with Gasteiger partial charge in [0.25, 0.3) is 0 Å². The number of aromatic nitrogens is 2. The van der Waals surface area contributed by atoms with Gasteiger partial charge in [0.2, 0.25) is 5.89 Å². The van der Waals surface area contributed by atoms with Crippen LogP contribution in [0.15, 0.2) is 28.8 Å². The van der Waals surface area contributed by atoms with Gasteiger partial charge < -0.3 is 14.9 Å². The normalized spacial score (nSPS) is 18.8. The number of benzene rings is 1. The molecule has 112 valence electrons. The summed E-state index contributed by atoms with van der Waals surface area (Å²) in [6.45, 7) is 1.13. The van der Waals surface area contributed by atoms with E-state index in [1.807, 2.05) is 12.1 Å². The van der Waals surface area contributed by atoms with Gasteiger partial charge in [-0.3, -0.25) is 0 Å². The molecule has 5 nitrogen and oxygen atoms in total. The first kappa shape index (κ1) is 14.1. The zero-order valence-electron chi connectivity index (χ0n) is 12.1. The third-order valence-electron chi connectivity index (χ3n) is 3.93. The fraction of sp³-hybridized carbons (Fsp3) is 0.500. The van der Waals surface area contributed by atoms with Crippen molar-refractivity contribution in [3.8, 4) is 5.75 Å². The maximum Gasteiger partial charge on any atom is 0.226 e. The van der Waals surface area contributed by atoms with Crippen LogP contribution in [-0.4, -0.2) is 27.8 Å². The average molecular weight is 287 g/mol. The molecule has 0 amide bonds. The molecule has 2 N–H and O–H groups in total. The van der Waals surface area contributed by atoms with Crippen LogP contribution in [0.5, 0.6) is 5.75 Å². The number of aryl methyl sites for hydroxylation is 1. The maximum absolute atomic E-state index is 9.26. The van der Waals surface area contributed by atoms with Crippen LogP contribution in [-0.2, 0) is 12.8 Å². The Kier molecular flexibility index (Phi) is 4.50. The fourth-order valence-corrected chi connectivity index (χ4v) is 2.73. The van der Waals surface area contributed by atoms with E-state index < -0.39 is 0 Å². The topological polar surface area (TPSA) is 71.2 Å². The van der Waals surface area contributed by atoms with Gasteiger partial charge in [0, 0.05) is 18.9 Å². The standard InChI is InChI=1S/C16H21N3O2/c20-14-7-4-12(5-8-14)11-15-18-16(21-19-15)9-6-13-3-1-2-10-17-13/h4-5,7-8,13,17,20H,1-3,6,9-11H2. The van der Waals surface area contributed by atoms with Gasteiger partial charge in [-0.1, -0.05) is 23.7 Å². The van der Waals surface area contributed by atoms with Crippen LogP contribution in [0.4, 0.5) is 0 Å². The summed E-state index contributed by atoms with van der Waals surface area (Å²) in [7, 11) is 0. The van der Waals surface area contributed by atoms with Gasteiger partial charge >= 0.3 is 0 Å². The van der Waals surface area contributed by atoms with E-state index in [1.54, 1.807) is 12.1 Å². The molecular formula is C16H21N3O2. The molecule has 1 saturated heterocycles. The summed E-state index contributed by atoms with van der Waals surface area (Å²) in [6, 6.07) is 7.68. The highest BCUT2D eigenvalue weighted by Crippen LogP contribution is 2.15. The predicted octanol–water partition coefficient (Wildman–Crippen LogP) is 2.44. The molecule has 1 aromatic heterocycles. The smallest absolute Gasteiger partial charge is 0.226 e. The number of phenols is 1. The molecule has 0 bridgehead atoms. The van der Waals surface area contributed by atoms with E-state index in [0.29, 0.717) is 18.3 Å². The van der Waals surface area contributed by atoms with Crippen molar-refractivity contribution in [2.75, 3.05) is 6.54 Å². The molecule has 21 heavy (non-hydrogen) atoms. The molecule has 1 aliphatic rings. The third-order valence-corrected chi connectivity index (χ3v) is 3.93. The molecule has 2 heterocycles. The van der Waals surface area contributed by atoms with Crippen molar-refractivity contribution in [2.24, 2.45) is 0 Å². The number of nitrogens with one attached hydrogen (secondary N) is 1. The van der Waals surface area contributed by atoms with E-state index in [1.165, 1.54) is 19.3 Å². The summed E-state index contributed by atoms with van der Waals surface area (Å²) in [6.07, 6.45) is 6.36. The van der Waals surface area contributed by atoms with Crippen LogP contribution in [0.25, 0.3) is 0 Å². The average Bonchev–Trinajstić information content (AvgIpc) is 2.96. The molecule has 0 radical (unpaired) electrons. The lowest BCUT2D eigenvalue weighted by molar-refractivity contribution is 0.341. The second-order valence-corrected chi connectivity index (χ2v) is 5.63. The SMILES string of the molecule is Oc1ccc(Cc2noc(CCC3CCCCN3)n2)cc1. The first-order valence-corrected chi connectivity index (χ1v) is 7.62. The van der Waals surface area contributed by atoms with E-state index in [-0.39, 0.29) is 5.75 Å². The molecule has 2 aromatic rings. The van der Waals surface area contributed by atoms with Crippen molar-refractivity contribution in [1.29, 1.82) is 0 Å². The van der Waals surface area contributed by atoms with Crippen molar-refractivity contribution < 1.29 is 9.63 Å². The van der Waals surface area contributed by atoms with Crippen LogP contribution in [0.2, 0.25) is 0 Å². The number of aromatic hydroxyl groups is 1. The van der Waals surface area contributed by atoms with Gasteiger partial charge in [0.05, 0.1) is 0 Å². The largest absolute Gasteiger partial charge is 0.508 e. The Morgan fingerprint density at radius 2 is 2.10 bits per heavy atom. The predicted molar refractivity (Wildman–Crippen MR) is 79.2 cm³/mol. The van der Waals surface area contributed by atoms with Gasteiger partial charge in [-0.05, 0) is 43.5 Å². The highest BCUT2D eigenvalue weighted by atomic mass is 16.5. The number of phenolic OH excluding ortho intramolecular Hbond substituents is 1. The lowest BCUT2D eigenvalue weighted by Crippen LogP contribution is -2.34. The van der Waals surface area contributed by atoms with Crippen molar-refractivity contribution in [1.82, 2.24) is 15.5 Å². The molecule has 3 rings (SSSR count).